The van der Waals surface area contributed by atoms with E-state index in [0.29, 0.717) is 30.8 Å². The summed E-state index contributed by atoms with van der Waals surface area (Å²) in [5, 5.41) is 10.2. The van der Waals surface area contributed by atoms with Crippen LogP contribution < -0.4 is 0 Å². The second-order valence-electron chi connectivity index (χ2n) is 10.7. The molecule has 0 aromatic carbocycles. The number of hydrogen-bond acceptors (Lipinski definition) is 4. The molecule has 1 saturated heterocycles. The van der Waals surface area contributed by atoms with Gasteiger partial charge in [-0.3, -0.25) is 4.79 Å². The number of fused-ring (bicyclic) bond motifs is 5. The molecule has 0 unspecified atom stereocenters. The molecule has 4 aliphatic carbocycles. The lowest BCUT2D eigenvalue weighted by atomic mass is 9.46. The van der Waals surface area contributed by atoms with E-state index in [1.165, 1.54) is 31.3 Å². The zero-order valence-corrected chi connectivity index (χ0v) is 17.8. The van der Waals surface area contributed by atoms with Crippen molar-refractivity contribution >= 4 is 5.78 Å². The van der Waals surface area contributed by atoms with Gasteiger partial charge in [-0.15, -0.1) is 0 Å². The summed E-state index contributed by atoms with van der Waals surface area (Å²) >= 11 is 0. The third-order valence-corrected chi connectivity index (χ3v) is 9.94. The van der Waals surface area contributed by atoms with Crippen LogP contribution >= 0.6 is 0 Å². The minimum Gasteiger partial charge on any atom is -0.391 e. The maximum absolute atomic E-state index is 12.3. The lowest BCUT2D eigenvalue weighted by molar-refractivity contribution is -0.244. The lowest BCUT2D eigenvalue weighted by Gasteiger charge is -2.59. The van der Waals surface area contributed by atoms with Gasteiger partial charge in [-0.05, 0) is 86.0 Å². The Kier molecular flexibility index (Phi) is 4.40. The molecule has 0 amide bonds. The van der Waals surface area contributed by atoms with E-state index in [-0.39, 0.29) is 23.4 Å². The highest BCUT2D eigenvalue weighted by molar-refractivity contribution is 5.96. The van der Waals surface area contributed by atoms with Crippen molar-refractivity contribution in [3.8, 4) is 0 Å². The summed E-state index contributed by atoms with van der Waals surface area (Å²) in [4.78, 5) is 12.3. The fourth-order valence-corrected chi connectivity index (χ4v) is 8.58. The topological polar surface area (TPSA) is 55.8 Å². The summed E-state index contributed by atoms with van der Waals surface area (Å²) in [6, 6.07) is 0. The summed E-state index contributed by atoms with van der Waals surface area (Å²) in [7, 11) is 0. The minimum atomic E-state index is -0.770. The molecule has 0 aromatic rings. The fraction of sp³-hybridized carbons (Fsp3) is 0.875. The minimum absolute atomic E-state index is 0.0278. The molecular formula is C24H36O4. The molecule has 3 saturated carbocycles. The number of ether oxygens (including phenoxy) is 2. The van der Waals surface area contributed by atoms with E-state index in [1.54, 1.807) is 0 Å². The van der Waals surface area contributed by atoms with Crippen LogP contribution in [0.1, 0.15) is 72.1 Å². The van der Waals surface area contributed by atoms with Gasteiger partial charge in [0.1, 0.15) is 0 Å². The van der Waals surface area contributed by atoms with Gasteiger partial charge in [0.05, 0.1) is 19.8 Å². The largest absolute Gasteiger partial charge is 0.391 e. The van der Waals surface area contributed by atoms with Crippen LogP contribution in [0.3, 0.4) is 0 Å². The van der Waals surface area contributed by atoms with Gasteiger partial charge in [-0.1, -0.05) is 19.4 Å². The first kappa shape index (κ1) is 19.3. The van der Waals surface area contributed by atoms with E-state index < -0.39 is 5.79 Å². The molecule has 0 spiro atoms. The second kappa shape index (κ2) is 6.39. The van der Waals surface area contributed by atoms with Crippen molar-refractivity contribution in [1.29, 1.82) is 0 Å². The Balaban J connectivity index is 1.47. The van der Waals surface area contributed by atoms with Crippen molar-refractivity contribution < 1.29 is 19.4 Å². The Bertz CT molecular complexity index is 705. The molecule has 28 heavy (non-hydrogen) atoms. The Morgan fingerprint density at radius 2 is 1.75 bits per heavy atom. The van der Waals surface area contributed by atoms with Crippen molar-refractivity contribution in [2.24, 2.45) is 34.5 Å². The number of carbonyl (C=O) groups excluding carboxylic acids is 1. The number of carbonyl (C=O) groups is 1. The number of aliphatic hydroxyl groups excluding tert-OH is 1. The van der Waals surface area contributed by atoms with Crippen LogP contribution in [-0.2, 0) is 14.3 Å². The summed E-state index contributed by atoms with van der Waals surface area (Å²) in [6.07, 6.45) is 8.84. The molecule has 1 N–H and O–H groups in total. The van der Waals surface area contributed by atoms with E-state index in [1.807, 2.05) is 0 Å². The maximum Gasteiger partial charge on any atom is 0.195 e. The number of aliphatic hydroxyl groups is 1. The van der Waals surface area contributed by atoms with Crippen LogP contribution in [0.4, 0.5) is 0 Å². The molecule has 5 aliphatic rings. The molecule has 4 heteroatoms. The first-order valence-corrected chi connectivity index (χ1v) is 11.5. The maximum atomic E-state index is 12.3. The summed E-state index contributed by atoms with van der Waals surface area (Å²) in [5.74, 6) is 2.02. The van der Waals surface area contributed by atoms with Crippen LogP contribution in [0.5, 0.6) is 0 Å². The first-order valence-electron chi connectivity index (χ1n) is 11.5. The van der Waals surface area contributed by atoms with Crippen molar-refractivity contribution in [3.63, 3.8) is 0 Å². The highest BCUT2D eigenvalue weighted by Crippen LogP contribution is 2.68. The molecule has 5 rings (SSSR count). The summed E-state index contributed by atoms with van der Waals surface area (Å²) < 4.78 is 12.1. The van der Waals surface area contributed by atoms with Gasteiger partial charge in [0.2, 0.25) is 0 Å². The summed E-state index contributed by atoms with van der Waals surface area (Å²) in [5.41, 5.74) is 2.97. The third-order valence-electron chi connectivity index (χ3n) is 9.94. The molecule has 1 heterocycles. The Morgan fingerprint density at radius 1 is 1.00 bits per heavy atom. The fourth-order valence-electron chi connectivity index (χ4n) is 8.58. The van der Waals surface area contributed by atoms with Crippen molar-refractivity contribution in [1.82, 2.24) is 0 Å². The van der Waals surface area contributed by atoms with Crippen LogP contribution in [0.2, 0.25) is 0 Å². The molecule has 1 aliphatic heterocycles. The SMILES string of the molecule is CC1=C2CC[C@H]3[C@@H]4CC[C@H](C5(CO)OCCO5)[C@@]4(C)CC[C@@H]3[C@@]2(C)CCC1=O. The van der Waals surface area contributed by atoms with Crippen LogP contribution in [-0.4, -0.2) is 36.5 Å². The van der Waals surface area contributed by atoms with E-state index >= 15 is 0 Å². The Morgan fingerprint density at radius 3 is 2.46 bits per heavy atom. The van der Waals surface area contributed by atoms with E-state index in [4.69, 9.17) is 9.47 Å². The molecular weight excluding hydrogens is 352 g/mol. The number of ketones is 1. The number of hydrogen-bond donors (Lipinski definition) is 1. The first-order chi connectivity index (χ1) is 13.4. The molecule has 6 atom stereocenters. The second-order valence-corrected chi connectivity index (χ2v) is 10.7. The van der Waals surface area contributed by atoms with Crippen LogP contribution in [0.25, 0.3) is 0 Å². The van der Waals surface area contributed by atoms with Crippen LogP contribution in [0.15, 0.2) is 11.1 Å². The smallest absolute Gasteiger partial charge is 0.195 e. The molecule has 0 aromatic heterocycles. The highest BCUT2D eigenvalue weighted by atomic mass is 16.7. The molecule has 156 valence electrons. The van der Waals surface area contributed by atoms with E-state index in [2.05, 4.69) is 20.8 Å². The lowest BCUT2D eigenvalue weighted by Crippen LogP contribution is -2.55. The Labute approximate surface area is 169 Å². The third kappa shape index (κ3) is 2.37. The van der Waals surface area contributed by atoms with Gasteiger partial charge in [0, 0.05) is 12.3 Å². The zero-order chi connectivity index (χ0) is 19.7. The molecule has 4 fully saturated rings. The summed E-state index contributed by atoms with van der Waals surface area (Å²) in [6.45, 7) is 8.17. The average molecular weight is 389 g/mol. The van der Waals surface area contributed by atoms with Gasteiger partial charge in [0.15, 0.2) is 11.6 Å². The van der Waals surface area contributed by atoms with Gasteiger partial charge in [0.25, 0.3) is 0 Å². The van der Waals surface area contributed by atoms with Gasteiger partial charge < -0.3 is 14.6 Å². The van der Waals surface area contributed by atoms with Crippen molar-refractivity contribution in [3.05, 3.63) is 11.1 Å². The molecule has 0 bridgehead atoms. The highest BCUT2D eigenvalue weighted by Gasteiger charge is 2.64. The van der Waals surface area contributed by atoms with E-state index in [0.717, 1.165) is 37.2 Å². The number of rotatable bonds is 2. The number of allylic oxidation sites excluding steroid dienone is 1. The monoisotopic (exact) mass is 388 g/mol. The standard InChI is InChI=1S/C24H36O4/c1-15-17-5-4-16-18-6-7-21(24(14-25)27-12-13-28-24)23(18,3)10-8-19(16)22(17,2)11-9-20(15)26/h16,18-19,21,25H,4-14H2,1-3H3/t16-,18-,19-,21-,22-,23-/m0/s1. The van der Waals surface area contributed by atoms with Gasteiger partial charge in [-0.2, -0.15) is 0 Å². The van der Waals surface area contributed by atoms with Crippen LogP contribution in [0, 0.1) is 34.5 Å². The average Bonchev–Trinajstić information content (AvgIpc) is 3.29. The van der Waals surface area contributed by atoms with Crippen molar-refractivity contribution in [2.45, 2.75) is 77.9 Å². The predicted molar refractivity (Wildman–Crippen MR) is 107 cm³/mol. The predicted octanol–water partition coefficient (Wildman–Crippen LogP) is 4.26. The van der Waals surface area contributed by atoms with E-state index in [9.17, 15) is 9.90 Å². The van der Waals surface area contributed by atoms with Gasteiger partial charge >= 0.3 is 0 Å². The van der Waals surface area contributed by atoms with Crippen molar-refractivity contribution in [2.75, 3.05) is 19.8 Å². The molecule has 0 radical (unpaired) electrons. The Hall–Kier alpha value is -0.710. The number of Topliss-reactive ketones (excluding diaryl/α,β-unsaturated/α-hetero) is 1. The quantitative estimate of drug-likeness (QED) is 0.768. The molecule has 4 nitrogen and oxygen atoms in total. The van der Waals surface area contributed by atoms with Gasteiger partial charge in [-0.25, -0.2) is 0 Å². The zero-order valence-electron chi connectivity index (χ0n) is 17.8. The normalized spacial score (nSPS) is 47.6.